The van der Waals surface area contributed by atoms with Crippen LogP contribution in [0.2, 0.25) is 10.0 Å². The summed E-state index contributed by atoms with van der Waals surface area (Å²) >= 11 is 11.8. The van der Waals surface area contributed by atoms with E-state index >= 15 is 0 Å². The number of ether oxygens (including phenoxy) is 1. The number of nitrogens with zero attached hydrogens (tertiary/aromatic N) is 2. The van der Waals surface area contributed by atoms with Crippen molar-refractivity contribution in [1.82, 2.24) is 10.3 Å². The summed E-state index contributed by atoms with van der Waals surface area (Å²) in [6, 6.07) is 13.2. The summed E-state index contributed by atoms with van der Waals surface area (Å²) in [6.07, 6.45) is 3.36. The number of ketones is 1. The van der Waals surface area contributed by atoms with Gasteiger partial charge in [-0.05, 0) is 54.1 Å². The van der Waals surface area contributed by atoms with Crippen molar-refractivity contribution in [3.8, 4) is 0 Å². The van der Waals surface area contributed by atoms with E-state index in [0.717, 1.165) is 10.5 Å². The Labute approximate surface area is 210 Å². The molecule has 2 heterocycles. The predicted octanol–water partition coefficient (Wildman–Crippen LogP) is 3.85. The number of halogens is 2. The molecule has 1 fully saturated rings. The number of pyridine rings is 1. The molecule has 178 valence electrons. The fraction of sp³-hybridized carbons (Fsp3) is 0.160. The summed E-state index contributed by atoms with van der Waals surface area (Å²) in [7, 11) is 0. The Kier molecular flexibility index (Phi) is 7.55. The Morgan fingerprint density at radius 1 is 1.09 bits per heavy atom. The molecule has 10 heteroatoms. The average molecular weight is 512 g/mol. The number of nitrogens with one attached hydrogen (secondary N) is 1. The number of amides is 2. The lowest BCUT2D eigenvalue weighted by molar-refractivity contribution is -0.121. The summed E-state index contributed by atoms with van der Waals surface area (Å²) < 4.78 is 5.09. The molecule has 2 amide bonds. The number of imide groups is 1. The molecule has 1 aromatic heterocycles. The molecule has 1 aliphatic heterocycles. The topological polar surface area (TPSA) is 106 Å². The molecule has 0 bridgehead atoms. The van der Waals surface area contributed by atoms with Crippen LogP contribution in [0, 0.1) is 0 Å². The van der Waals surface area contributed by atoms with E-state index in [1.54, 1.807) is 18.5 Å². The zero-order chi connectivity index (χ0) is 24.9. The van der Waals surface area contributed by atoms with Crippen LogP contribution in [0.4, 0.5) is 5.69 Å². The minimum Gasteiger partial charge on any atom is -0.454 e. The number of carbonyl (C=O) groups is 4. The van der Waals surface area contributed by atoms with Gasteiger partial charge in [-0.1, -0.05) is 29.3 Å². The first-order chi connectivity index (χ1) is 16.8. The molecule has 4 rings (SSSR count). The summed E-state index contributed by atoms with van der Waals surface area (Å²) in [5, 5.41) is 3.63. The molecule has 3 aromatic rings. The van der Waals surface area contributed by atoms with Crippen molar-refractivity contribution in [1.29, 1.82) is 0 Å². The molecule has 1 saturated heterocycles. The summed E-state index contributed by atoms with van der Waals surface area (Å²) in [5.74, 6) is -1.93. The van der Waals surface area contributed by atoms with Crippen LogP contribution in [-0.2, 0) is 20.9 Å². The van der Waals surface area contributed by atoms with Crippen molar-refractivity contribution < 1.29 is 23.9 Å². The molecule has 1 unspecified atom stereocenters. The maximum absolute atomic E-state index is 12.8. The number of rotatable bonds is 8. The molecule has 0 saturated carbocycles. The summed E-state index contributed by atoms with van der Waals surface area (Å²) in [4.78, 5) is 55.1. The average Bonchev–Trinajstić information content (AvgIpc) is 3.14. The summed E-state index contributed by atoms with van der Waals surface area (Å²) in [5.41, 5.74) is 1.59. The first-order valence-electron chi connectivity index (χ1n) is 10.6. The van der Waals surface area contributed by atoms with Crippen LogP contribution in [0.15, 0.2) is 67.0 Å². The second-order valence-electron chi connectivity index (χ2n) is 7.74. The minimum atomic E-state index is -0.731. The number of benzene rings is 2. The quantitative estimate of drug-likeness (QED) is 0.278. The number of esters is 1. The van der Waals surface area contributed by atoms with Crippen LogP contribution < -0.4 is 10.2 Å². The molecule has 1 atom stereocenters. The highest BCUT2D eigenvalue weighted by atomic mass is 35.5. The van der Waals surface area contributed by atoms with Gasteiger partial charge in [-0.25, -0.2) is 9.69 Å². The highest BCUT2D eigenvalue weighted by Gasteiger charge is 2.39. The number of hydrogen-bond acceptors (Lipinski definition) is 7. The molecular weight excluding hydrogens is 493 g/mol. The SMILES string of the molecule is O=C(OCC(=O)c1ccc(Cl)cc1Cl)c1ccc(N2C(=O)CC(NCc3cccnc3)C2=O)cc1. The largest absolute Gasteiger partial charge is 0.454 e. The highest BCUT2D eigenvalue weighted by Crippen LogP contribution is 2.24. The van der Waals surface area contributed by atoms with Gasteiger partial charge in [0.2, 0.25) is 11.7 Å². The maximum Gasteiger partial charge on any atom is 0.338 e. The third-order valence-corrected chi connectivity index (χ3v) is 5.90. The van der Waals surface area contributed by atoms with Gasteiger partial charge in [0, 0.05) is 29.5 Å². The van der Waals surface area contributed by atoms with Gasteiger partial charge >= 0.3 is 5.97 Å². The smallest absolute Gasteiger partial charge is 0.338 e. The Hall–Kier alpha value is -3.59. The lowest BCUT2D eigenvalue weighted by Crippen LogP contribution is -2.38. The normalized spacial score (nSPS) is 15.4. The van der Waals surface area contributed by atoms with Crippen LogP contribution in [0.3, 0.4) is 0 Å². The predicted molar refractivity (Wildman–Crippen MR) is 129 cm³/mol. The molecule has 2 aromatic carbocycles. The standard InChI is InChI=1S/C25H19Cl2N3O5/c26-17-5-8-19(20(27)10-17)22(31)14-35-25(34)16-3-6-18(7-4-16)30-23(32)11-21(24(30)33)29-13-15-2-1-9-28-12-15/h1-10,12,21,29H,11,13-14H2. The Morgan fingerprint density at radius 2 is 1.86 bits per heavy atom. The lowest BCUT2D eigenvalue weighted by Gasteiger charge is -2.16. The number of Topliss-reactive ketones (excluding diaryl/α,β-unsaturated/α-hetero) is 1. The van der Waals surface area contributed by atoms with Gasteiger partial charge in [-0.2, -0.15) is 0 Å². The van der Waals surface area contributed by atoms with E-state index in [0.29, 0.717) is 17.3 Å². The van der Waals surface area contributed by atoms with E-state index in [9.17, 15) is 19.2 Å². The maximum atomic E-state index is 12.8. The molecule has 35 heavy (non-hydrogen) atoms. The van der Waals surface area contributed by atoms with Gasteiger partial charge < -0.3 is 10.1 Å². The van der Waals surface area contributed by atoms with Crippen molar-refractivity contribution in [3.63, 3.8) is 0 Å². The molecule has 1 aliphatic rings. The molecule has 0 spiro atoms. The fourth-order valence-corrected chi connectivity index (χ4v) is 4.07. The zero-order valence-corrected chi connectivity index (χ0v) is 19.8. The zero-order valence-electron chi connectivity index (χ0n) is 18.2. The highest BCUT2D eigenvalue weighted by molar-refractivity contribution is 6.36. The van der Waals surface area contributed by atoms with Crippen LogP contribution in [0.1, 0.15) is 32.7 Å². The van der Waals surface area contributed by atoms with Crippen molar-refractivity contribution in [2.24, 2.45) is 0 Å². The van der Waals surface area contributed by atoms with E-state index in [1.807, 2.05) is 6.07 Å². The van der Waals surface area contributed by atoms with E-state index in [1.165, 1.54) is 42.5 Å². The van der Waals surface area contributed by atoms with Crippen molar-refractivity contribution in [2.75, 3.05) is 11.5 Å². The van der Waals surface area contributed by atoms with Crippen molar-refractivity contribution in [2.45, 2.75) is 19.0 Å². The molecule has 0 radical (unpaired) electrons. The number of anilines is 1. The first-order valence-corrected chi connectivity index (χ1v) is 11.3. The van der Waals surface area contributed by atoms with Gasteiger partial charge in [0.05, 0.1) is 28.7 Å². The first kappa shape index (κ1) is 24.5. The Balaban J connectivity index is 1.35. The van der Waals surface area contributed by atoms with Crippen LogP contribution >= 0.6 is 23.2 Å². The Bertz CT molecular complexity index is 1280. The van der Waals surface area contributed by atoms with Gasteiger partial charge in [-0.15, -0.1) is 0 Å². The number of carbonyl (C=O) groups excluding carboxylic acids is 4. The third-order valence-electron chi connectivity index (χ3n) is 5.35. The van der Waals surface area contributed by atoms with E-state index in [2.05, 4.69) is 10.3 Å². The van der Waals surface area contributed by atoms with Gasteiger partial charge in [0.15, 0.2) is 6.61 Å². The van der Waals surface area contributed by atoms with E-state index < -0.39 is 24.4 Å². The lowest BCUT2D eigenvalue weighted by atomic mass is 10.1. The van der Waals surface area contributed by atoms with Crippen LogP contribution in [0.25, 0.3) is 0 Å². The molecule has 8 nitrogen and oxygen atoms in total. The number of aromatic nitrogens is 1. The summed E-state index contributed by atoms with van der Waals surface area (Å²) in [6.45, 7) is -0.106. The Morgan fingerprint density at radius 3 is 2.54 bits per heavy atom. The van der Waals surface area contributed by atoms with Gasteiger partial charge in [0.25, 0.3) is 5.91 Å². The third kappa shape index (κ3) is 5.74. The van der Waals surface area contributed by atoms with Gasteiger partial charge in [0.1, 0.15) is 0 Å². The second kappa shape index (κ2) is 10.8. The molecule has 0 aliphatic carbocycles. The molecular formula is C25H19Cl2N3O5. The minimum absolute atomic E-state index is 0.0260. The second-order valence-corrected chi connectivity index (χ2v) is 8.58. The molecule has 1 N–H and O–H groups in total. The van der Waals surface area contributed by atoms with Crippen LogP contribution in [0.5, 0.6) is 0 Å². The number of hydrogen-bond donors (Lipinski definition) is 1. The van der Waals surface area contributed by atoms with E-state index in [4.69, 9.17) is 27.9 Å². The van der Waals surface area contributed by atoms with Gasteiger partial charge in [-0.3, -0.25) is 19.4 Å². The van der Waals surface area contributed by atoms with E-state index in [-0.39, 0.29) is 34.4 Å². The van der Waals surface area contributed by atoms with Crippen LogP contribution in [-0.4, -0.2) is 41.2 Å². The fourth-order valence-electron chi connectivity index (χ4n) is 3.56. The van der Waals surface area contributed by atoms with Crippen molar-refractivity contribution in [3.05, 3.63) is 93.7 Å². The monoisotopic (exact) mass is 511 g/mol. The van der Waals surface area contributed by atoms with Crippen molar-refractivity contribution >= 4 is 52.5 Å².